The van der Waals surface area contributed by atoms with Crippen LogP contribution in [0.15, 0.2) is 41.3 Å². The Labute approximate surface area is 120 Å². The van der Waals surface area contributed by atoms with Gasteiger partial charge in [-0.15, -0.1) is 0 Å². The van der Waals surface area contributed by atoms with E-state index < -0.39 is 34.2 Å². The highest BCUT2D eigenvalue weighted by molar-refractivity contribution is 7.86. The van der Waals surface area contributed by atoms with Gasteiger partial charge >= 0.3 is 0 Å². The summed E-state index contributed by atoms with van der Waals surface area (Å²) in [5.74, 6) is -3.70. The summed E-state index contributed by atoms with van der Waals surface area (Å²) in [5.41, 5.74) is 0.477. The quantitative estimate of drug-likeness (QED) is 0.642. The first kappa shape index (κ1) is 15.5. The molecule has 0 aromatic heterocycles. The van der Waals surface area contributed by atoms with Crippen LogP contribution in [0.5, 0.6) is 0 Å². The van der Waals surface area contributed by atoms with E-state index in [4.69, 9.17) is 0 Å². The fraction of sp³-hybridized carbons (Fsp3) is 0.143. The Morgan fingerprint density at radius 3 is 2.14 bits per heavy atom. The topological polar surface area (TPSA) is 43.4 Å². The largest absolute Gasteiger partial charge is 0.297 e. The molecule has 0 unspecified atom stereocenters. The van der Waals surface area contributed by atoms with Gasteiger partial charge in [0.05, 0.1) is 11.5 Å². The lowest BCUT2D eigenvalue weighted by Gasteiger charge is -2.07. The lowest BCUT2D eigenvalue weighted by molar-refractivity contribution is 0.300. The molecular formula is C14H11F3O3S. The number of rotatable bonds is 4. The van der Waals surface area contributed by atoms with Gasteiger partial charge < -0.3 is 0 Å². The van der Waals surface area contributed by atoms with Crippen LogP contribution in [0.4, 0.5) is 13.2 Å². The molecule has 2 aromatic rings. The van der Waals surface area contributed by atoms with Crippen LogP contribution in [-0.4, -0.2) is 8.42 Å². The molecule has 0 spiro atoms. The van der Waals surface area contributed by atoms with Gasteiger partial charge in [-0.2, -0.15) is 8.42 Å². The van der Waals surface area contributed by atoms with Crippen molar-refractivity contribution in [2.45, 2.75) is 18.4 Å². The summed E-state index contributed by atoms with van der Waals surface area (Å²) < 4.78 is 67.5. The van der Waals surface area contributed by atoms with Gasteiger partial charge in [0.2, 0.25) is 0 Å². The standard InChI is InChI=1S/C14H11F3O3S/c1-9-2-4-11(5-3-9)21(18,19)20-8-10-6-13(16)14(17)7-12(10)15/h2-7H,8H2,1H3. The lowest BCUT2D eigenvalue weighted by atomic mass is 10.2. The molecule has 2 aromatic carbocycles. The van der Waals surface area contributed by atoms with Gasteiger partial charge in [-0.1, -0.05) is 17.7 Å². The van der Waals surface area contributed by atoms with E-state index in [9.17, 15) is 21.6 Å². The molecule has 0 aliphatic heterocycles. The minimum atomic E-state index is -4.10. The maximum Gasteiger partial charge on any atom is 0.297 e. The first-order valence-corrected chi connectivity index (χ1v) is 7.30. The molecular weight excluding hydrogens is 305 g/mol. The first-order chi connectivity index (χ1) is 9.79. The van der Waals surface area contributed by atoms with Crippen molar-refractivity contribution in [1.82, 2.24) is 0 Å². The summed E-state index contributed by atoms with van der Waals surface area (Å²) in [4.78, 5) is -0.101. The van der Waals surface area contributed by atoms with Crippen molar-refractivity contribution < 1.29 is 25.8 Å². The molecule has 0 amide bonds. The summed E-state index contributed by atoms with van der Waals surface area (Å²) >= 11 is 0. The van der Waals surface area contributed by atoms with E-state index in [2.05, 4.69) is 4.18 Å². The molecule has 0 saturated heterocycles. The van der Waals surface area contributed by atoms with E-state index in [1.54, 1.807) is 19.1 Å². The zero-order valence-corrected chi connectivity index (χ0v) is 11.8. The number of hydrogen-bond acceptors (Lipinski definition) is 3. The first-order valence-electron chi connectivity index (χ1n) is 5.89. The van der Waals surface area contributed by atoms with Crippen molar-refractivity contribution in [1.29, 1.82) is 0 Å². The van der Waals surface area contributed by atoms with Gasteiger partial charge in [-0.25, -0.2) is 13.2 Å². The third-order valence-corrected chi connectivity index (χ3v) is 4.05. The van der Waals surface area contributed by atoms with E-state index in [1.807, 2.05) is 0 Å². The van der Waals surface area contributed by atoms with Crippen LogP contribution in [0.3, 0.4) is 0 Å². The van der Waals surface area contributed by atoms with Gasteiger partial charge in [0.15, 0.2) is 11.6 Å². The van der Waals surface area contributed by atoms with Crippen molar-refractivity contribution in [3.05, 3.63) is 65.0 Å². The second kappa shape index (κ2) is 5.87. The fourth-order valence-corrected chi connectivity index (χ4v) is 2.48. The third kappa shape index (κ3) is 3.62. The Hall–Kier alpha value is -1.86. The van der Waals surface area contributed by atoms with Gasteiger partial charge in [0, 0.05) is 11.6 Å². The van der Waals surface area contributed by atoms with E-state index in [0.717, 1.165) is 5.56 Å². The van der Waals surface area contributed by atoms with Gasteiger partial charge in [-0.3, -0.25) is 4.18 Å². The molecule has 112 valence electrons. The zero-order chi connectivity index (χ0) is 15.6. The predicted molar refractivity (Wildman–Crippen MR) is 69.5 cm³/mol. The second-order valence-corrected chi connectivity index (χ2v) is 6.00. The zero-order valence-electron chi connectivity index (χ0n) is 10.9. The van der Waals surface area contributed by atoms with Crippen LogP contribution in [-0.2, 0) is 20.9 Å². The SMILES string of the molecule is Cc1ccc(S(=O)(=O)OCc2cc(F)c(F)cc2F)cc1. The van der Waals surface area contributed by atoms with Crippen molar-refractivity contribution in [2.75, 3.05) is 0 Å². The maximum absolute atomic E-state index is 13.4. The average molecular weight is 316 g/mol. The normalized spacial score (nSPS) is 11.6. The maximum atomic E-state index is 13.4. The highest BCUT2D eigenvalue weighted by Crippen LogP contribution is 2.18. The number of hydrogen-bond donors (Lipinski definition) is 0. The van der Waals surface area contributed by atoms with E-state index in [-0.39, 0.29) is 10.5 Å². The molecule has 0 fully saturated rings. The monoisotopic (exact) mass is 316 g/mol. The Balaban J connectivity index is 2.19. The van der Waals surface area contributed by atoms with Crippen molar-refractivity contribution in [3.63, 3.8) is 0 Å². The molecule has 21 heavy (non-hydrogen) atoms. The van der Waals surface area contributed by atoms with Crippen molar-refractivity contribution in [3.8, 4) is 0 Å². The average Bonchev–Trinajstić information content (AvgIpc) is 2.42. The molecule has 0 N–H and O–H groups in total. The van der Waals surface area contributed by atoms with Crippen LogP contribution in [0.2, 0.25) is 0 Å². The molecule has 0 bridgehead atoms. The molecule has 3 nitrogen and oxygen atoms in total. The van der Waals surface area contributed by atoms with Crippen LogP contribution < -0.4 is 0 Å². The molecule has 0 aliphatic rings. The number of aryl methyl sites for hydroxylation is 1. The van der Waals surface area contributed by atoms with Crippen molar-refractivity contribution >= 4 is 10.1 Å². The highest BCUT2D eigenvalue weighted by Gasteiger charge is 2.17. The summed E-state index contributed by atoms with van der Waals surface area (Å²) in [6.45, 7) is 1.06. The molecule has 0 atom stereocenters. The van der Waals surface area contributed by atoms with Crippen LogP contribution in [0, 0.1) is 24.4 Å². The van der Waals surface area contributed by atoms with Crippen LogP contribution >= 0.6 is 0 Å². The lowest BCUT2D eigenvalue weighted by Crippen LogP contribution is -2.08. The fourth-order valence-electron chi connectivity index (χ4n) is 1.59. The second-order valence-electron chi connectivity index (χ2n) is 4.39. The van der Waals surface area contributed by atoms with Crippen LogP contribution in [0.1, 0.15) is 11.1 Å². The summed E-state index contributed by atoms with van der Waals surface area (Å²) in [5, 5.41) is 0. The number of benzene rings is 2. The Morgan fingerprint density at radius 1 is 0.952 bits per heavy atom. The molecule has 7 heteroatoms. The molecule has 2 rings (SSSR count). The minimum absolute atomic E-state index is 0.101. The van der Waals surface area contributed by atoms with Crippen molar-refractivity contribution in [2.24, 2.45) is 0 Å². The summed E-state index contributed by atoms with van der Waals surface area (Å²) in [7, 11) is -4.10. The molecule has 0 saturated carbocycles. The van der Waals surface area contributed by atoms with E-state index in [1.165, 1.54) is 12.1 Å². The van der Waals surface area contributed by atoms with E-state index >= 15 is 0 Å². The van der Waals surface area contributed by atoms with Gasteiger partial charge in [0.25, 0.3) is 10.1 Å². The summed E-state index contributed by atoms with van der Waals surface area (Å²) in [6, 6.07) is 6.74. The molecule has 0 heterocycles. The Kier molecular flexibility index (Phi) is 4.34. The smallest absolute Gasteiger partial charge is 0.261 e. The third-order valence-electron chi connectivity index (χ3n) is 2.77. The Morgan fingerprint density at radius 2 is 1.52 bits per heavy atom. The van der Waals surface area contributed by atoms with Crippen LogP contribution in [0.25, 0.3) is 0 Å². The van der Waals surface area contributed by atoms with E-state index in [0.29, 0.717) is 12.1 Å². The minimum Gasteiger partial charge on any atom is -0.261 e. The predicted octanol–water partition coefficient (Wildman–Crippen LogP) is 3.32. The number of halogens is 3. The van der Waals surface area contributed by atoms with Gasteiger partial charge in [-0.05, 0) is 25.1 Å². The van der Waals surface area contributed by atoms with Gasteiger partial charge in [0.1, 0.15) is 5.82 Å². The highest BCUT2D eigenvalue weighted by atomic mass is 32.2. The molecule has 0 radical (unpaired) electrons. The summed E-state index contributed by atoms with van der Waals surface area (Å²) in [6.07, 6.45) is 0. The Bertz CT molecular complexity index is 756. The molecule has 0 aliphatic carbocycles.